The molecule has 0 N–H and O–H groups in total. The fourth-order valence-electron chi connectivity index (χ4n) is 3.72. The molecule has 0 aliphatic carbocycles. The van der Waals surface area contributed by atoms with E-state index in [0.29, 0.717) is 33.2 Å². The van der Waals surface area contributed by atoms with Crippen molar-refractivity contribution in [3.8, 4) is 11.1 Å². The smallest absolute Gasteiger partial charge is 0.418 e. The van der Waals surface area contributed by atoms with Crippen molar-refractivity contribution < 1.29 is 27.5 Å². The Labute approximate surface area is 189 Å². The Bertz CT molecular complexity index is 1370. The summed E-state index contributed by atoms with van der Waals surface area (Å²) in [5.41, 5.74) is 1.66. The lowest BCUT2D eigenvalue weighted by molar-refractivity contribution is 0.0537. The van der Waals surface area contributed by atoms with Gasteiger partial charge >= 0.3 is 6.09 Å². The number of rotatable bonds is 4. The first kappa shape index (κ1) is 22.5. The highest BCUT2D eigenvalue weighted by Crippen LogP contribution is 2.37. The lowest BCUT2D eigenvalue weighted by atomic mass is 9.98. The number of fused-ring (bicyclic) bond motifs is 1. The zero-order valence-electron chi connectivity index (χ0n) is 18.7. The van der Waals surface area contributed by atoms with Crippen LogP contribution in [0.1, 0.15) is 49.4 Å². The molecule has 4 rings (SSSR count). The number of carbonyl (C=O) groups excluding carboxylic acids is 2. The SMILES string of the molecule is CC(=O)c1oc2c(-c3ccn(C(=O)OC(C)(C)C)c3)cc(F)cc2c1Cc1cccc(F)c1. The van der Waals surface area contributed by atoms with E-state index in [4.69, 9.17) is 9.15 Å². The van der Waals surface area contributed by atoms with Gasteiger partial charge in [-0.2, -0.15) is 0 Å². The van der Waals surface area contributed by atoms with E-state index in [-0.39, 0.29) is 18.0 Å². The maximum atomic E-state index is 14.7. The van der Waals surface area contributed by atoms with E-state index in [9.17, 15) is 18.4 Å². The van der Waals surface area contributed by atoms with Crippen molar-refractivity contribution in [3.63, 3.8) is 0 Å². The van der Waals surface area contributed by atoms with Gasteiger partial charge in [-0.15, -0.1) is 0 Å². The molecule has 0 spiro atoms. The summed E-state index contributed by atoms with van der Waals surface area (Å²) in [4.78, 5) is 24.7. The Hall–Kier alpha value is -3.74. The average Bonchev–Trinajstić information content (AvgIpc) is 3.32. The van der Waals surface area contributed by atoms with E-state index in [1.54, 1.807) is 39.0 Å². The van der Waals surface area contributed by atoms with Gasteiger partial charge in [-0.1, -0.05) is 12.1 Å². The molecule has 0 bridgehead atoms. The lowest BCUT2D eigenvalue weighted by Crippen LogP contribution is -2.26. The molecule has 0 atom stereocenters. The predicted molar refractivity (Wildman–Crippen MR) is 120 cm³/mol. The van der Waals surface area contributed by atoms with E-state index in [1.165, 1.54) is 48.1 Å². The molecule has 0 unspecified atom stereocenters. The van der Waals surface area contributed by atoms with Crippen molar-refractivity contribution in [2.24, 2.45) is 0 Å². The van der Waals surface area contributed by atoms with Gasteiger partial charge in [-0.3, -0.25) is 9.36 Å². The minimum Gasteiger partial charge on any atom is -0.452 e. The molecule has 33 heavy (non-hydrogen) atoms. The summed E-state index contributed by atoms with van der Waals surface area (Å²) >= 11 is 0. The number of ketones is 1. The van der Waals surface area contributed by atoms with Gasteiger partial charge in [-0.25, -0.2) is 13.6 Å². The molecule has 0 fully saturated rings. The largest absolute Gasteiger partial charge is 0.452 e. The van der Waals surface area contributed by atoms with Crippen LogP contribution in [0.4, 0.5) is 13.6 Å². The first-order valence-corrected chi connectivity index (χ1v) is 10.4. The molecular formula is C26H23F2NO4. The van der Waals surface area contributed by atoms with Crippen molar-refractivity contribution >= 4 is 22.8 Å². The molecule has 0 amide bonds. The second-order valence-electron chi connectivity index (χ2n) is 8.89. The fraction of sp³-hybridized carbons (Fsp3) is 0.231. The van der Waals surface area contributed by atoms with E-state index >= 15 is 0 Å². The number of halogens is 2. The highest BCUT2D eigenvalue weighted by molar-refractivity contribution is 6.03. The fourth-order valence-corrected chi connectivity index (χ4v) is 3.72. The number of carbonyl (C=O) groups is 2. The van der Waals surface area contributed by atoms with Crippen LogP contribution in [0.5, 0.6) is 0 Å². The summed E-state index contributed by atoms with van der Waals surface area (Å²) in [6.45, 7) is 6.65. The van der Waals surface area contributed by atoms with Crippen LogP contribution in [0.25, 0.3) is 22.1 Å². The molecule has 0 radical (unpaired) electrons. The van der Waals surface area contributed by atoms with E-state index < -0.39 is 23.3 Å². The third kappa shape index (κ3) is 4.72. The first-order chi connectivity index (χ1) is 15.5. The highest BCUT2D eigenvalue weighted by Gasteiger charge is 2.23. The van der Waals surface area contributed by atoms with Crippen LogP contribution in [-0.4, -0.2) is 22.0 Å². The second kappa shape index (κ2) is 8.31. The van der Waals surface area contributed by atoms with Crippen LogP contribution >= 0.6 is 0 Å². The molecule has 170 valence electrons. The van der Waals surface area contributed by atoms with Crippen LogP contribution in [0.2, 0.25) is 0 Å². The molecule has 0 saturated heterocycles. The molecule has 2 aromatic carbocycles. The number of furan rings is 1. The Morgan fingerprint density at radius 1 is 1.06 bits per heavy atom. The van der Waals surface area contributed by atoms with Gasteiger partial charge in [0.25, 0.3) is 0 Å². The normalized spacial score (nSPS) is 11.7. The van der Waals surface area contributed by atoms with Crippen molar-refractivity contribution in [2.75, 3.05) is 0 Å². The number of hydrogen-bond acceptors (Lipinski definition) is 4. The molecule has 2 aromatic heterocycles. The Balaban J connectivity index is 1.83. The second-order valence-corrected chi connectivity index (χ2v) is 8.89. The van der Waals surface area contributed by atoms with Crippen molar-refractivity contribution in [3.05, 3.63) is 83.4 Å². The summed E-state index contributed by atoms with van der Waals surface area (Å²) < 4.78 is 40.9. The maximum absolute atomic E-state index is 14.7. The van der Waals surface area contributed by atoms with Gasteiger partial charge in [0.1, 0.15) is 22.8 Å². The molecule has 0 saturated carbocycles. The van der Waals surface area contributed by atoms with Crippen LogP contribution in [0.3, 0.4) is 0 Å². The third-order valence-corrected chi connectivity index (χ3v) is 5.05. The van der Waals surface area contributed by atoms with Crippen LogP contribution in [0, 0.1) is 11.6 Å². The van der Waals surface area contributed by atoms with Gasteiger partial charge in [0, 0.05) is 47.8 Å². The molecule has 7 heteroatoms. The number of hydrogen-bond donors (Lipinski definition) is 0. The lowest BCUT2D eigenvalue weighted by Gasteiger charge is -2.19. The van der Waals surface area contributed by atoms with Gasteiger partial charge in [0.05, 0.1) is 0 Å². The topological polar surface area (TPSA) is 61.4 Å². The van der Waals surface area contributed by atoms with E-state index in [2.05, 4.69) is 0 Å². The van der Waals surface area contributed by atoms with Crippen LogP contribution in [0.15, 0.2) is 59.3 Å². The Morgan fingerprint density at radius 2 is 1.82 bits per heavy atom. The van der Waals surface area contributed by atoms with Gasteiger partial charge in [0.2, 0.25) is 0 Å². The molecule has 0 aliphatic rings. The van der Waals surface area contributed by atoms with Crippen LogP contribution in [-0.2, 0) is 11.2 Å². The Kier molecular flexibility index (Phi) is 5.66. The quantitative estimate of drug-likeness (QED) is 0.322. The molecular weight excluding hydrogens is 428 g/mol. The summed E-state index contributed by atoms with van der Waals surface area (Å²) in [5, 5.41) is 0.421. The number of ether oxygens (including phenoxy) is 1. The Morgan fingerprint density at radius 3 is 2.48 bits per heavy atom. The minimum atomic E-state index is -0.670. The summed E-state index contributed by atoms with van der Waals surface area (Å²) in [7, 11) is 0. The number of Topliss-reactive ketones (excluding diaryl/α,β-unsaturated/α-hetero) is 1. The number of aromatic nitrogens is 1. The first-order valence-electron chi connectivity index (χ1n) is 10.4. The summed E-state index contributed by atoms with van der Waals surface area (Å²) in [5.74, 6) is -1.16. The maximum Gasteiger partial charge on any atom is 0.418 e. The number of benzene rings is 2. The summed E-state index contributed by atoms with van der Waals surface area (Å²) in [6.07, 6.45) is 2.66. The van der Waals surface area contributed by atoms with Crippen molar-refractivity contribution in [2.45, 2.75) is 39.7 Å². The zero-order valence-corrected chi connectivity index (χ0v) is 18.7. The zero-order chi connectivity index (χ0) is 23.9. The van der Waals surface area contributed by atoms with E-state index in [0.717, 1.165) is 0 Å². The molecule has 2 heterocycles. The van der Waals surface area contributed by atoms with Crippen molar-refractivity contribution in [1.29, 1.82) is 0 Å². The standard InChI is InChI=1S/C26H23F2NO4/c1-15(30)23-21(11-16-6-5-7-18(27)10-16)22-13-19(28)12-20(24(22)32-23)17-8-9-29(14-17)25(31)33-26(2,3)4/h5-10,12-14H,11H2,1-4H3. The number of nitrogens with zero attached hydrogens (tertiary/aromatic N) is 1. The highest BCUT2D eigenvalue weighted by atomic mass is 19.1. The summed E-state index contributed by atoms with van der Waals surface area (Å²) in [6, 6.07) is 10.2. The van der Waals surface area contributed by atoms with Gasteiger partial charge in [0.15, 0.2) is 11.5 Å². The van der Waals surface area contributed by atoms with Gasteiger partial charge < -0.3 is 9.15 Å². The molecule has 4 aromatic rings. The minimum absolute atomic E-state index is 0.0905. The average molecular weight is 451 g/mol. The molecule has 5 nitrogen and oxygen atoms in total. The monoisotopic (exact) mass is 451 g/mol. The molecule has 0 aliphatic heterocycles. The van der Waals surface area contributed by atoms with Gasteiger partial charge in [-0.05, 0) is 56.7 Å². The van der Waals surface area contributed by atoms with E-state index in [1.807, 2.05) is 0 Å². The predicted octanol–water partition coefficient (Wildman–Crippen LogP) is 6.76. The van der Waals surface area contributed by atoms with Crippen molar-refractivity contribution in [1.82, 2.24) is 4.57 Å². The van der Waals surface area contributed by atoms with Crippen LogP contribution < -0.4 is 0 Å². The third-order valence-electron chi connectivity index (χ3n) is 5.05.